The van der Waals surface area contributed by atoms with E-state index in [-0.39, 0.29) is 6.54 Å². The second-order valence-electron chi connectivity index (χ2n) is 6.55. The first-order chi connectivity index (χ1) is 10.8. The maximum Gasteiger partial charge on any atom is 0.267 e. The van der Waals surface area contributed by atoms with E-state index >= 15 is 0 Å². The van der Waals surface area contributed by atoms with Crippen molar-refractivity contribution in [3.63, 3.8) is 0 Å². The highest BCUT2D eigenvalue weighted by molar-refractivity contribution is 6.21. The van der Waals surface area contributed by atoms with E-state index in [9.17, 15) is 18.4 Å². The number of rotatable bonds is 3. The Morgan fingerprint density at radius 3 is 2.22 bits per heavy atom. The fourth-order valence-corrected chi connectivity index (χ4v) is 3.66. The van der Waals surface area contributed by atoms with Crippen molar-refractivity contribution in [2.45, 2.75) is 31.2 Å². The topological polar surface area (TPSA) is 40.6 Å². The molecule has 23 heavy (non-hydrogen) atoms. The molecule has 1 aliphatic heterocycles. The molecule has 2 aliphatic rings. The summed E-state index contributed by atoms with van der Waals surface area (Å²) in [4.78, 5) is 27.2. The van der Waals surface area contributed by atoms with E-state index in [0.717, 1.165) is 4.90 Å². The third kappa shape index (κ3) is 2.55. The Hall–Kier alpha value is -1.82. The van der Waals surface area contributed by atoms with E-state index in [4.69, 9.17) is 0 Å². The van der Waals surface area contributed by atoms with Gasteiger partial charge >= 0.3 is 0 Å². The van der Waals surface area contributed by atoms with Gasteiger partial charge in [-0.1, -0.05) is 18.6 Å². The van der Waals surface area contributed by atoms with Gasteiger partial charge in [0.1, 0.15) is 0 Å². The van der Waals surface area contributed by atoms with Crippen LogP contribution in [-0.4, -0.2) is 54.2 Å². The van der Waals surface area contributed by atoms with Gasteiger partial charge in [-0.05, 0) is 39.1 Å². The molecule has 3 rings (SSSR count). The van der Waals surface area contributed by atoms with Gasteiger partial charge < -0.3 is 4.90 Å². The third-order valence-electron chi connectivity index (χ3n) is 4.92. The van der Waals surface area contributed by atoms with Crippen molar-refractivity contribution in [3.05, 3.63) is 35.4 Å². The van der Waals surface area contributed by atoms with Crippen LogP contribution in [0.5, 0.6) is 0 Å². The molecule has 1 aromatic rings. The van der Waals surface area contributed by atoms with Crippen molar-refractivity contribution in [1.29, 1.82) is 0 Å². The van der Waals surface area contributed by atoms with Crippen molar-refractivity contribution in [2.75, 3.05) is 20.6 Å². The van der Waals surface area contributed by atoms with Crippen LogP contribution in [0.1, 0.15) is 40.0 Å². The van der Waals surface area contributed by atoms with Crippen LogP contribution < -0.4 is 0 Å². The summed E-state index contributed by atoms with van der Waals surface area (Å²) in [6.45, 7) is -0.219. The Bertz CT molecular complexity index is 610. The Morgan fingerprint density at radius 1 is 1.13 bits per heavy atom. The van der Waals surface area contributed by atoms with Crippen molar-refractivity contribution >= 4 is 11.8 Å². The average Bonchev–Trinajstić information content (AvgIpc) is 2.74. The molecular formula is C17H20F2N2O2. The molecule has 2 amide bonds. The Balaban J connectivity index is 1.83. The number of imide groups is 1. The number of fused-ring (bicyclic) bond motifs is 1. The molecule has 0 saturated heterocycles. The first-order valence-corrected chi connectivity index (χ1v) is 7.83. The lowest BCUT2D eigenvalue weighted by Gasteiger charge is -2.42. The van der Waals surface area contributed by atoms with Crippen molar-refractivity contribution in [2.24, 2.45) is 5.92 Å². The number of hydrogen-bond donors (Lipinski definition) is 0. The summed E-state index contributed by atoms with van der Waals surface area (Å²) < 4.78 is 29.5. The lowest BCUT2D eigenvalue weighted by Crippen LogP contribution is -2.54. The molecule has 4 nitrogen and oxygen atoms in total. The monoisotopic (exact) mass is 322 g/mol. The van der Waals surface area contributed by atoms with E-state index in [1.165, 1.54) is 4.90 Å². The second kappa shape index (κ2) is 5.67. The summed E-state index contributed by atoms with van der Waals surface area (Å²) in [5.41, 5.74) is 0.613. The molecule has 2 atom stereocenters. The zero-order chi connectivity index (χ0) is 16.8. The van der Waals surface area contributed by atoms with Gasteiger partial charge in [0, 0.05) is 12.5 Å². The van der Waals surface area contributed by atoms with Gasteiger partial charge in [-0.25, -0.2) is 8.78 Å². The number of carbonyl (C=O) groups is 2. The fourth-order valence-electron chi connectivity index (χ4n) is 3.66. The van der Waals surface area contributed by atoms with Crippen LogP contribution in [0.15, 0.2) is 24.3 Å². The maximum absolute atomic E-state index is 14.7. The normalized spacial score (nSPS) is 26.7. The van der Waals surface area contributed by atoms with Crippen LogP contribution in [0.4, 0.5) is 8.78 Å². The van der Waals surface area contributed by atoms with Gasteiger partial charge in [0.15, 0.2) is 0 Å². The number of hydrogen-bond acceptors (Lipinski definition) is 3. The van der Waals surface area contributed by atoms with Gasteiger partial charge in [-0.2, -0.15) is 0 Å². The minimum absolute atomic E-state index is 0.219. The molecule has 1 saturated carbocycles. The van der Waals surface area contributed by atoms with Gasteiger partial charge in [0.2, 0.25) is 0 Å². The number of nitrogens with zero attached hydrogens (tertiary/aromatic N) is 2. The molecule has 1 fully saturated rings. The SMILES string of the molecule is CN(C)C1CCCC(CN2C(=O)c3ccccc3C2=O)C1(F)F. The van der Waals surface area contributed by atoms with Crippen LogP contribution in [0.2, 0.25) is 0 Å². The van der Waals surface area contributed by atoms with Crippen LogP contribution >= 0.6 is 0 Å². The molecule has 0 radical (unpaired) electrons. The summed E-state index contributed by atoms with van der Waals surface area (Å²) in [5, 5.41) is 0. The minimum atomic E-state index is -2.92. The van der Waals surface area contributed by atoms with Crippen LogP contribution in [0.25, 0.3) is 0 Å². The highest BCUT2D eigenvalue weighted by Crippen LogP contribution is 2.41. The van der Waals surface area contributed by atoms with E-state index in [0.29, 0.717) is 30.4 Å². The molecule has 0 aromatic heterocycles. The van der Waals surface area contributed by atoms with E-state index in [1.807, 2.05) is 0 Å². The molecule has 1 aliphatic carbocycles. The van der Waals surface area contributed by atoms with E-state index in [2.05, 4.69) is 0 Å². The Labute approximate surface area is 134 Å². The quantitative estimate of drug-likeness (QED) is 0.803. The van der Waals surface area contributed by atoms with Crippen LogP contribution in [0.3, 0.4) is 0 Å². The van der Waals surface area contributed by atoms with Crippen molar-refractivity contribution in [1.82, 2.24) is 9.80 Å². The standard InChI is InChI=1S/C17H20F2N2O2/c1-20(2)14-9-5-6-11(17(14,18)19)10-21-15(22)12-7-3-4-8-13(12)16(21)23/h3-4,7-8,11,14H,5-6,9-10H2,1-2H3. The summed E-state index contributed by atoms with van der Waals surface area (Å²) >= 11 is 0. The lowest BCUT2D eigenvalue weighted by atomic mass is 9.81. The smallest absolute Gasteiger partial charge is 0.267 e. The molecule has 0 N–H and O–H groups in total. The van der Waals surface area contributed by atoms with E-state index in [1.54, 1.807) is 38.4 Å². The number of amides is 2. The highest BCUT2D eigenvalue weighted by Gasteiger charge is 2.52. The van der Waals surface area contributed by atoms with Gasteiger partial charge in [-0.15, -0.1) is 0 Å². The largest absolute Gasteiger partial charge is 0.301 e. The Morgan fingerprint density at radius 2 is 1.70 bits per heavy atom. The maximum atomic E-state index is 14.7. The van der Waals surface area contributed by atoms with Crippen molar-refractivity contribution in [3.8, 4) is 0 Å². The first kappa shape index (κ1) is 16.1. The molecule has 0 bridgehead atoms. The molecule has 2 unspecified atom stereocenters. The average molecular weight is 322 g/mol. The molecular weight excluding hydrogens is 302 g/mol. The first-order valence-electron chi connectivity index (χ1n) is 7.83. The number of carbonyl (C=O) groups excluding carboxylic acids is 2. The summed E-state index contributed by atoms with van der Waals surface area (Å²) in [6, 6.07) is 5.63. The van der Waals surface area contributed by atoms with Crippen molar-refractivity contribution < 1.29 is 18.4 Å². The van der Waals surface area contributed by atoms with Gasteiger partial charge in [0.25, 0.3) is 17.7 Å². The summed E-state index contributed by atoms with van der Waals surface area (Å²) in [5.74, 6) is -4.84. The molecule has 1 heterocycles. The zero-order valence-electron chi connectivity index (χ0n) is 13.3. The summed E-state index contributed by atoms with van der Waals surface area (Å²) in [6.07, 6.45) is 1.43. The zero-order valence-corrected chi connectivity index (χ0v) is 13.3. The molecule has 124 valence electrons. The third-order valence-corrected chi connectivity index (χ3v) is 4.92. The molecule has 1 aromatic carbocycles. The summed E-state index contributed by atoms with van der Waals surface area (Å²) in [7, 11) is 3.28. The van der Waals surface area contributed by atoms with Gasteiger partial charge in [0.05, 0.1) is 17.2 Å². The number of alkyl halides is 2. The van der Waals surface area contributed by atoms with Crippen LogP contribution in [0, 0.1) is 5.92 Å². The second-order valence-corrected chi connectivity index (χ2v) is 6.55. The fraction of sp³-hybridized carbons (Fsp3) is 0.529. The molecule has 6 heteroatoms. The lowest BCUT2D eigenvalue weighted by molar-refractivity contribution is -0.139. The molecule has 0 spiro atoms. The van der Waals surface area contributed by atoms with E-state index < -0.39 is 29.7 Å². The predicted molar refractivity (Wildman–Crippen MR) is 81.6 cm³/mol. The number of halogens is 2. The van der Waals surface area contributed by atoms with Crippen LogP contribution in [-0.2, 0) is 0 Å². The Kier molecular flexibility index (Phi) is 3.96. The van der Waals surface area contributed by atoms with Gasteiger partial charge in [-0.3, -0.25) is 14.5 Å². The predicted octanol–water partition coefficient (Wildman–Crippen LogP) is 2.65. The highest BCUT2D eigenvalue weighted by atomic mass is 19.3. The minimum Gasteiger partial charge on any atom is -0.301 e. The number of benzene rings is 1.